The molecule has 1 amide bonds. The van der Waals surface area contributed by atoms with E-state index in [2.05, 4.69) is 5.32 Å². The molecule has 136 valence electrons. The highest BCUT2D eigenvalue weighted by atomic mass is 16.6. The Morgan fingerprint density at radius 1 is 1.08 bits per heavy atom. The molecule has 2 aromatic rings. The van der Waals surface area contributed by atoms with Crippen molar-refractivity contribution in [3.05, 3.63) is 58.1 Å². The lowest BCUT2D eigenvalue weighted by Crippen LogP contribution is -2.21. The number of hydrogen-bond donors (Lipinski definition) is 1. The van der Waals surface area contributed by atoms with Gasteiger partial charge in [0.25, 0.3) is 11.6 Å². The molecule has 0 aliphatic heterocycles. The normalized spacial score (nSPS) is 9.92. The number of ether oxygens (including phenoxy) is 3. The van der Waals surface area contributed by atoms with Crippen LogP contribution in [0.25, 0.3) is 0 Å². The first-order chi connectivity index (χ1) is 12.5. The first-order valence-electron chi connectivity index (χ1n) is 7.38. The number of benzene rings is 2. The summed E-state index contributed by atoms with van der Waals surface area (Å²) in [6, 6.07) is 10.1. The quantitative estimate of drug-likeness (QED) is 0.458. The van der Waals surface area contributed by atoms with Crippen molar-refractivity contribution in [2.24, 2.45) is 0 Å². The third-order valence-electron chi connectivity index (χ3n) is 3.33. The van der Waals surface area contributed by atoms with Gasteiger partial charge in [-0.25, -0.2) is 4.79 Å². The Balaban J connectivity index is 1.99. The molecule has 26 heavy (non-hydrogen) atoms. The Morgan fingerprint density at radius 2 is 1.77 bits per heavy atom. The zero-order valence-corrected chi connectivity index (χ0v) is 14.1. The average molecular weight is 360 g/mol. The summed E-state index contributed by atoms with van der Waals surface area (Å²) in [5, 5.41) is 13.3. The van der Waals surface area contributed by atoms with Gasteiger partial charge in [0.1, 0.15) is 5.69 Å². The number of hydrogen-bond acceptors (Lipinski definition) is 7. The van der Waals surface area contributed by atoms with Crippen LogP contribution >= 0.6 is 0 Å². The van der Waals surface area contributed by atoms with Gasteiger partial charge in [0.15, 0.2) is 18.1 Å². The minimum atomic E-state index is -0.747. The Hall–Kier alpha value is -3.62. The lowest BCUT2D eigenvalue weighted by molar-refractivity contribution is -0.383. The predicted molar refractivity (Wildman–Crippen MR) is 91.6 cm³/mol. The largest absolute Gasteiger partial charge is 0.493 e. The second kappa shape index (κ2) is 8.47. The van der Waals surface area contributed by atoms with E-state index in [0.717, 1.165) is 0 Å². The molecule has 0 spiro atoms. The van der Waals surface area contributed by atoms with Crippen LogP contribution in [0.5, 0.6) is 11.5 Å². The van der Waals surface area contributed by atoms with Crippen LogP contribution in [-0.4, -0.2) is 37.6 Å². The first-order valence-corrected chi connectivity index (χ1v) is 7.38. The number of amides is 1. The van der Waals surface area contributed by atoms with E-state index in [0.29, 0.717) is 11.5 Å². The van der Waals surface area contributed by atoms with Crippen LogP contribution in [0.4, 0.5) is 11.4 Å². The van der Waals surface area contributed by atoms with Gasteiger partial charge in [-0.1, -0.05) is 12.1 Å². The van der Waals surface area contributed by atoms with Crippen molar-refractivity contribution in [1.82, 2.24) is 0 Å². The Kier molecular flexibility index (Phi) is 6.10. The molecule has 0 fully saturated rings. The summed E-state index contributed by atoms with van der Waals surface area (Å²) in [4.78, 5) is 34.2. The molecule has 9 heteroatoms. The fourth-order valence-electron chi connectivity index (χ4n) is 2.10. The van der Waals surface area contributed by atoms with Gasteiger partial charge in [0.05, 0.1) is 24.7 Å². The third-order valence-corrected chi connectivity index (χ3v) is 3.33. The summed E-state index contributed by atoms with van der Waals surface area (Å²) in [5.74, 6) is -0.665. The molecule has 0 radical (unpaired) electrons. The number of carbonyl (C=O) groups is 2. The van der Waals surface area contributed by atoms with Gasteiger partial charge in [0.2, 0.25) is 0 Å². The number of rotatable bonds is 7. The molecule has 0 atom stereocenters. The maximum atomic E-state index is 12.0. The molecule has 1 N–H and O–H groups in total. The van der Waals surface area contributed by atoms with Crippen LogP contribution in [0.2, 0.25) is 0 Å². The van der Waals surface area contributed by atoms with Crippen LogP contribution in [0.3, 0.4) is 0 Å². The van der Waals surface area contributed by atoms with E-state index < -0.39 is 23.4 Å². The summed E-state index contributed by atoms with van der Waals surface area (Å²) in [6.07, 6.45) is 0. The van der Waals surface area contributed by atoms with Crippen molar-refractivity contribution < 1.29 is 28.7 Å². The van der Waals surface area contributed by atoms with Crippen LogP contribution in [0, 0.1) is 10.1 Å². The van der Waals surface area contributed by atoms with E-state index in [9.17, 15) is 19.7 Å². The van der Waals surface area contributed by atoms with Crippen molar-refractivity contribution in [2.45, 2.75) is 0 Å². The number of nitro groups is 1. The molecule has 0 aromatic heterocycles. The summed E-state index contributed by atoms with van der Waals surface area (Å²) in [7, 11) is 2.89. The van der Waals surface area contributed by atoms with E-state index >= 15 is 0 Å². The number of esters is 1. The molecule has 0 saturated carbocycles. The summed E-state index contributed by atoms with van der Waals surface area (Å²) < 4.78 is 15.1. The molecule has 0 bridgehead atoms. The van der Waals surface area contributed by atoms with E-state index in [4.69, 9.17) is 14.2 Å². The maximum Gasteiger partial charge on any atom is 0.338 e. The number of anilines is 1. The van der Waals surface area contributed by atoms with Crippen LogP contribution in [0.15, 0.2) is 42.5 Å². The molecule has 0 heterocycles. The minimum Gasteiger partial charge on any atom is -0.493 e. The number of carbonyl (C=O) groups excluding carboxylic acids is 2. The molecule has 0 saturated heterocycles. The van der Waals surface area contributed by atoms with Crippen molar-refractivity contribution in [1.29, 1.82) is 0 Å². The molecular weight excluding hydrogens is 344 g/mol. The Labute approximate surface area is 148 Å². The van der Waals surface area contributed by atoms with Gasteiger partial charge in [-0.05, 0) is 24.3 Å². The molecule has 2 rings (SSSR count). The topological polar surface area (TPSA) is 117 Å². The third kappa shape index (κ3) is 4.47. The fraction of sp³-hybridized carbons (Fsp3) is 0.176. The highest BCUT2D eigenvalue weighted by Crippen LogP contribution is 2.28. The predicted octanol–water partition coefficient (Wildman–Crippen LogP) is 2.41. The molecular formula is C17H16N2O7. The molecule has 0 aliphatic carbocycles. The van der Waals surface area contributed by atoms with Gasteiger partial charge in [-0.15, -0.1) is 0 Å². The fourth-order valence-corrected chi connectivity index (χ4v) is 2.10. The molecule has 0 unspecified atom stereocenters. The number of nitro benzene ring substituents is 1. The van der Waals surface area contributed by atoms with E-state index in [1.54, 1.807) is 0 Å². The molecule has 0 aliphatic rings. The van der Waals surface area contributed by atoms with Gasteiger partial charge in [-0.3, -0.25) is 14.9 Å². The van der Waals surface area contributed by atoms with Crippen LogP contribution in [-0.2, 0) is 9.53 Å². The zero-order valence-electron chi connectivity index (χ0n) is 14.1. The van der Waals surface area contributed by atoms with Crippen LogP contribution < -0.4 is 14.8 Å². The maximum absolute atomic E-state index is 12.0. The Bertz CT molecular complexity index is 836. The van der Waals surface area contributed by atoms with E-state index in [-0.39, 0.29) is 16.9 Å². The Morgan fingerprint density at radius 3 is 2.42 bits per heavy atom. The van der Waals surface area contributed by atoms with Crippen molar-refractivity contribution in [3.63, 3.8) is 0 Å². The summed E-state index contributed by atoms with van der Waals surface area (Å²) in [5.41, 5.74) is -0.0714. The number of methoxy groups -OCH3 is 2. The van der Waals surface area contributed by atoms with Crippen molar-refractivity contribution >= 4 is 23.3 Å². The van der Waals surface area contributed by atoms with E-state index in [1.807, 2.05) is 0 Å². The van der Waals surface area contributed by atoms with Crippen LogP contribution in [0.1, 0.15) is 10.4 Å². The number of nitrogens with one attached hydrogen (secondary N) is 1. The van der Waals surface area contributed by atoms with Crippen molar-refractivity contribution in [2.75, 3.05) is 26.1 Å². The minimum absolute atomic E-state index is 0.0182. The monoisotopic (exact) mass is 360 g/mol. The summed E-state index contributed by atoms with van der Waals surface area (Å²) >= 11 is 0. The SMILES string of the molecule is COc1ccc(C(=O)OCC(=O)Nc2ccccc2[N+](=O)[O-])cc1OC. The lowest BCUT2D eigenvalue weighted by atomic mass is 10.2. The number of para-hydroxylation sites is 2. The van der Waals surface area contributed by atoms with Crippen molar-refractivity contribution in [3.8, 4) is 11.5 Å². The van der Waals surface area contributed by atoms with Gasteiger partial charge < -0.3 is 19.5 Å². The van der Waals surface area contributed by atoms with E-state index in [1.165, 1.54) is 56.7 Å². The first kappa shape index (κ1) is 18.7. The smallest absolute Gasteiger partial charge is 0.338 e. The zero-order chi connectivity index (χ0) is 19.1. The second-order valence-corrected chi connectivity index (χ2v) is 4.97. The molecule has 2 aromatic carbocycles. The van der Waals surface area contributed by atoms with Gasteiger partial charge >= 0.3 is 5.97 Å². The number of nitrogens with zero attached hydrogens (tertiary/aromatic N) is 1. The summed E-state index contributed by atoms with van der Waals surface area (Å²) in [6.45, 7) is -0.598. The molecule has 9 nitrogen and oxygen atoms in total. The standard InChI is InChI=1S/C17H16N2O7/c1-24-14-8-7-11(9-15(14)25-2)17(21)26-10-16(20)18-12-5-3-4-6-13(12)19(22)23/h3-9H,10H2,1-2H3,(H,18,20). The second-order valence-electron chi connectivity index (χ2n) is 4.97. The average Bonchev–Trinajstić information content (AvgIpc) is 2.65. The lowest BCUT2D eigenvalue weighted by Gasteiger charge is -2.10. The van der Waals surface area contributed by atoms with Gasteiger partial charge in [0, 0.05) is 6.07 Å². The van der Waals surface area contributed by atoms with Gasteiger partial charge in [-0.2, -0.15) is 0 Å². The highest BCUT2D eigenvalue weighted by molar-refractivity contribution is 5.97. The highest BCUT2D eigenvalue weighted by Gasteiger charge is 2.17.